The molecule has 0 bridgehead atoms. The quantitative estimate of drug-likeness (QED) is 0.772. The van der Waals surface area contributed by atoms with E-state index in [1.807, 2.05) is 18.2 Å². The normalized spacial score (nSPS) is 10.9. The van der Waals surface area contributed by atoms with Gasteiger partial charge in [-0.1, -0.05) is 41.9 Å². The molecule has 0 aliphatic carbocycles. The molecule has 0 aliphatic heterocycles. The number of rotatable bonds is 4. The van der Waals surface area contributed by atoms with Crippen LogP contribution in [0.2, 0.25) is 5.02 Å². The van der Waals surface area contributed by atoms with Crippen LogP contribution >= 0.6 is 11.6 Å². The van der Waals surface area contributed by atoms with E-state index in [-0.39, 0.29) is 5.56 Å². The second-order valence-corrected chi connectivity index (χ2v) is 5.26. The van der Waals surface area contributed by atoms with E-state index in [9.17, 15) is 9.90 Å². The summed E-state index contributed by atoms with van der Waals surface area (Å²) in [6, 6.07) is 13.2. The van der Waals surface area contributed by atoms with Gasteiger partial charge in [0.1, 0.15) is 11.3 Å². The third kappa shape index (κ3) is 2.90. The zero-order valence-corrected chi connectivity index (χ0v) is 11.9. The van der Waals surface area contributed by atoms with Gasteiger partial charge in [0, 0.05) is 11.4 Å². The van der Waals surface area contributed by atoms with Crippen molar-refractivity contribution < 1.29 is 9.90 Å². The lowest BCUT2D eigenvalue weighted by Gasteiger charge is -1.97. The zero-order chi connectivity index (χ0) is 14.8. The van der Waals surface area contributed by atoms with E-state index in [0.29, 0.717) is 16.1 Å². The first-order valence-electron chi connectivity index (χ1n) is 6.59. The van der Waals surface area contributed by atoms with Gasteiger partial charge in [-0.25, -0.2) is 9.78 Å². The predicted octanol–water partition coefficient (Wildman–Crippen LogP) is 3.70. The van der Waals surface area contributed by atoms with Crippen LogP contribution in [0.25, 0.3) is 11.0 Å². The molecule has 0 unspecified atom stereocenters. The Labute approximate surface area is 126 Å². The number of carbonyl (C=O) groups is 1. The topological polar surface area (TPSA) is 66.0 Å². The summed E-state index contributed by atoms with van der Waals surface area (Å²) in [6.45, 7) is 0. The number of imidazole rings is 1. The Bertz CT molecular complexity index is 797. The van der Waals surface area contributed by atoms with E-state index in [1.54, 1.807) is 6.07 Å². The number of aromatic amines is 1. The average Bonchev–Trinajstić information content (AvgIpc) is 2.87. The van der Waals surface area contributed by atoms with Gasteiger partial charge >= 0.3 is 5.97 Å². The third-order valence-corrected chi connectivity index (χ3v) is 3.54. The van der Waals surface area contributed by atoms with Crippen molar-refractivity contribution in [3.8, 4) is 0 Å². The fourth-order valence-corrected chi connectivity index (χ4v) is 2.54. The highest BCUT2D eigenvalue weighted by molar-refractivity contribution is 6.31. The van der Waals surface area contributed by atoms with Crippen molar-refractivity contribution in [3.63, 3.8) is 0 Å². The molecule has 0 amide bonds. The lowest BCUT2D eigenvalue weighted by molar-refractivity contribution is 0.0699. The van der Waals surface area contributed by atoms with Crippen LogP contribution in [0.5, 0.6) is 0 Å². The molecule has 0 saturated carbocycles. The molecule has 1 aromatic heterocycles. The number of fused-ring (bicyclic) bond motifs is 1. The number of aromatic nitrogens is 2. The Morgan fingerprint density at radius 1 is 1.19 bits per heavy atom. The first-order valence-corrected chi connectivity index (χ1v) is 6.96. The molecule has 2 aromatic carbocycles. The average molecular weight is 301 g/mol. The second-order valence-electron chi connectivity index (χ2n) is 4.82. The molecule has 4 nitrogen and oxygen atoms in total. The predicted molar refractivity (Wildman–Crippen MR) is 81.9 cm³/mol. The molecule has 0 radical (unpaired) electrons. The Morgan fingerprint density at radius 3 is 2.67 bits per heavy atom. The highest BCUT2D eigenvalue weighted by Gasteiger charge is 2.14. The van der Waals surface area contributed by atoms with Gasteiger partial charge in [-0.15, -0.1) is 0 Å². The van der Waals surface area contributed by atoms with Gasteiger partial charge in [0.25, 0.3) is 0 Å². The summed E-state index contributed by atoms with van der Waals surface area (Å²) in [5, 5.41) is 9.60. The molecule has 0 spiro atoms. The molecule has 0 aliphatic rings. The molecule has 5 heteroatoms. The van der Waals surface area contributed by atoms with Crippen molar-refractivity contribution in [1.82, 2.24) is 9.97 Å². The van der Waals surface area contributed by atoms with Gasteiger partial charge in [0.05, 0.1) is 11.1 Å². The fourth-order valence-electron chi connectivity index (χ4n) is 2.32. The number of halogens is 1. The van der Waals surface area contributed by atoms with Crippen molar-refractivity contribution in [3.05, 3.63) is 64.4 Å². The molecular formula is C16H13ClN2O2. The molecule has 0 saturated heterocycles. The van der Waals surface area contributed by atoms with Crippen LogP contribution in [-0.2, 0) is 12.8 Å². The van der Waals surface area contributed by atoms with Crippen molar-refractivity contribution in [2.24, 2.45) is 0 Å². The van der Waals surface area contributed by atoms with Crippen molar-refractivity contribution in [2.45, 2.75) is 12.8 Å². The number of nitrogens with zero attached hydrogens (tertiary/aromatic N) is 1. The third-order valence-electron chi connectivity index (χ3n) is 3.32. The van der Waals surface area contributed by atoms with Crippen LogP contribution in [0.15, 0.2) is 42.5 Å². The lowest BCUT2D eigenvalue weighted by atomic mass is 10.1. The van der Waals surface area contributed by atoms with Crippen molar-refractivity contribution in [1.29, 1.82) is 0 Å². The highest BCUT2D eigenvalue weighted by Crippen LogP contribution is 2.23. The number of H-pyrrole nitrogens is 1. The van der Waals surface area contributed by atoms with E-state index in [4.69, 9.17) is 11.6 Å². The van der Waals surface area contributed by atoms with Gasteiger partial charge in [-0.2, -0.15) is 0 Å². The summed E-state index contributed by atoms with van der Waals surface area (Å²) in [6.07, 6.45) is 1.56. The summed E-state index contributed by atoms with van der Waals surface area (Å²) in [5.74, 6) is -0.262. The van der Waals surface area contributed by atoms with E-state index in [0.717, 1.165) is 18.7 Å². The molecular weight excluding hydrogens is 288 g/mol. The first kappa shape index (κ1) is 13.6. The fraction of sp³-hybridized carbons (Fsp3) is 0.125. The number of hydrogen-bond acceptors (Lipinski definition) is 2. The van der Waals surface area contributed by atoms with Crippen LogP contribution in [-0.4, -0.2) is 21.0 Å². The first-order chi connectivity index (χ1) is 10.1. The minimum absolute atomic E-state index is 0.125. The van der Waals surface area contributed by atoms with Crippen LogP contribution in [0.4, 0.5) is 0 Å². The Hall–Kier alpha value is -2.33. The lowest BCUT2D eigenvalue weighted by Crippen LogP contribution is -1.97. The zero-order valence-electron chi connectivity index (χ0n) is 11.1. The molecule has 2 N–H and O–H groups in total. The van der Waals surface area contributed by atoms with Crippen molar-refractivity contribution in [2.75, 3.05) is 0 Å². The molecule has 3 aromatic rings. The number of nitrogens with one attached hydrogen (secondary N) is 1. The Kier molecular flexibility index (Phi) is 3.62. The van der Waals surface area contributed by atoms with E-state index in [2.05, 4.69) is 22.1 Å². The summed E-state index contributed by atoms with van der Waals surface area (Å²) >= 11 is 5.94. The summed E-state index contributed by atoms with van der Waals surface area (Å²) in [5.41, 5.74) is 2.45. The Balaban J connectivity index is 1.90. The molecule has 1 heterocycles. The minimum Gasteiger partial charge on any atom is -0.478 e. The van der Waals surface area contributed by atoms with Gasteiger partial charge in [0.2, 0.25) is 0 Å². The van der Waals surface area contributed by atoms with Crippen LogP contribution in [0.3, 0.4) is 0 Å². The molecule has 0 atom stereocenters. The number of hydrogen-bond donors (Lipinski definition) is 2. The number of aryl methyl sites for hydroxylation is 2. The summed E-state index contributed by atoms with van der Waals surface area (Å²) < 4.78 is 0. The number of aromatic carboxylic acids is 1. The maximum Gasteiger partial charge on any atom is 0.338 e. The minimum atomic E-state index is -1.02. The van der Waals surface area contributed by atoms with E-state index < -0.39 is 5.97 Å². The standard InChI is InChI=1S/C16H13ClN2O2/c17-11-8-12(16(20)21)15-13(9-11)18-14(19-15)7-6-10-4-2-1-3-5-10/h1-5,8-9H,6-7H2,(H,18,19)(H,20,21). The second kappa shape index (κ2) is 5.58. The van der Waals surface area contributed by atoms with Gasteiger partial charge < -0.3 is 10.1 Å². The molecule has 0 fully saturated rings. The van der Waals surface area contributed by atoms with Gasteiger partial charge in [-0.3, -0.25) is 0 Å². The van der Waals surface area contributed by atoms with Gasteiger partial charge in [0.15, 0.2) is 0 Å². The molecule has 21 heavy (non-hydrogen) atoms. The molecule has 3 rings (SSSR count). The van der Waals surface area contributed by atoms with Crippen molar-refractivity contribution >= 4 is 28.6 Å². The largest absolute Gasteiger partial charge is 0.478 e. The number of carboxylic acids is 1. The summed E-state index contributed by atoms with van der Waals surface area (Å²) in [7, 11) is 0. The summed E-state index contributed by atoms with van der Waals surface area (Å²) in [4.78, 5) is 18.8. The molecule has 106 valence electrons. The van der Waals surface area contributed by atoms with Gasteiger partial charge in [-0.05, 0) is 24.1 Å². The smallest absolute Gasteiger partial charge is 0.338 e. The van der Waals surface area contributed by atoms with Crippen LogP contribution < -0.4 is 0 Å². The number of carboxylic acid groups (broad SMARTS) is 1. The van der Waals surface area contributed by atoms with Crippen LogP contribution in [0.1, 0.15) is 21.7 Å². The van der Waals surface area contributed by atoms with E-state index >= 15 is 0 Å². The SMILES string of the molecule is O=C(O)c1cc(Cl)cc2[nH]c(CCc3ccccc3)nc12. The monoisotopic (exact) mass is 300 g/mol. The van der Waals surface area contributed by atoms with E-state index in [1.165, 1.54) is 11.6 Å². The maximum atomic E-state index is 11.2. The highest BCUT2D eigenvalue weighted by atomic mass is 35.5. The maximum absolute atomic E-state index is 11.2. The number of benzene rings is 2. The van der Waals surface area contributed by atoms with Crippen LogP contribution in [0, 0.1) is 0 Å². The Morgan fingerprint density at radius 2 is 1.95 bits per heavy atom.